The number of aromatic nitrogens is 3. The van der Waals surface area contributed by atoms with E-state index in [1.165, 1.54) is 11.8 Å². The van der Waals surface area contributed by atoms with Crippen LogP contribution >= 0.6 is 11.8 Å². The first kappa shape index (κ1) is 16.5. The summed E-state index contributed by atoms with van der Waals surface area (Å²) in [6.07, 6.45) is 3.62. The molecule has 124 valence electrons. The molecule has 0 aliphatic carbocycles. The van der Waals surface area contributed by atoms with Crippen molar-refractivity contribution in [3.05, 3.63) is 58.6 Å². The third-order valence-electron chi connectivity index (χ3n) is 3.79. The zero-order chi connectivity index (χ0) is 16.9. The molecule has 0 bridgehead atoms. The summed E-state index contributed by atoms with van der Waals surface area (Å²) in [6.45, 7) is 2.70. The van der Waals surface area contributed by atoms with E-state index in [-0.39, 0.29) is 17.1 Å². The Bertz CT molecular complexity index is 900. The number of ketones is 1. The Morgan fingerprint density at radius 3 is 2.83 bits per heavy atom. The number of aromatic amines is 1. The van der Waals surface area contributed by atoms with Crippen molar-refractivity contribution in [1.82, 2.24) is 14.5 Å². The molecule has 0 amide bonds. The lowest BCUT2D eigenvalue weighted by Crippen LogP contribution is -2.24. The average Bonchev–Trinajstić information content (AvgIpc) is 3.14. The molecule has 24 heavy (non-hydrogen) atoms. The predicted octanol–water partition coefficient (Wildman–Crippen LogP) is 3.50. The molecule has 0 saturated heterocycles. The van der Waals surface area contributed by atoms with Crippen LogP contribution in [0, 0.1) is 0 Å². The second-order valence-corrected chi connectivity index (χ2v) is 6.46. The van der Waals surface area contributed by atoms with Gasteiger partial charge in [-0.25, -0.2) is 4.98 Å². The van der Waals surface area contributed by atoms with Crippen molar-refractivity contribution in [2.24, 2.45) is 0 Å². The first-order valence-corrected chi connectivity index (χ1v) is 8.98. The van der Waals surface area contributed by atoms with Crippen molar-refractivity contribution in [2.75, 3.05) is 5.75 Å². The highest BCUT2D eigenvalue weighted by atomic mass is 32.2. The van der Waals surface area contributed by atoms with Crippen molar-refractivity contribution in [2.45, 2.75) is 31.5 Å². The molecule has 0 unspecified atom stereocenters. The van der Waals surface area contributed by atoms with Gasteiger partial charge in [-0.2, -0.15) is 0 Å². The number of hydrogen-bond donors (Lipinski definition) is 1. The maximum atomic E-state index is 12.7. The van der Waals surface area contributed by atoms with Crippen LogP contribution in [0.5, 0.6) is 0 Å². The maximum absolute atomic E-state index is 12.7. The molecular formula is C18H19N3O2S. The fraction of sp³-hybridized carbons (Fsp3) is 0.278. The van der Waals surface area contributed by atoms with Gasteiger partial charge in [0.05, 0.1) is 22.3 Å². The topological polar surface area (TPSA) is 67.8 Å². The van der Waals surface area contributed by atoms with Gasteiger partial charge in [0.2, 0.25) is 0 Å². The Kier molecular flexibility index (Phi) is 5.15. The normalized spacial score (nSPS) is 11.0. The number of thioether (sulfide) groups is 1. The molecule has 0 radical (unpaired) electrons. The zero-order valence-corrected chi connectivity index (χ0v) is 14.3. The third kappa shape index (κ3) is 3.43. The van der Waals surface area contributed by atoms with Crippen molar-refractivity contribution in [1.29, 1.82) is 0 Å². The van der Waals surface area contributed by atoms with Crippen LogP contribution in [0.25, 0.3) is 10.9 Å². The molecule has 0 fully saturated rings. The SMILES string of the molecule is CCCCn1c(SCC(=O)c2ccc[nH]2)nc2ccccc2c1=O. The van der Waals surface area contributed by atoms with E-state index in [0.29, 0.717) is 28.3 Å². The Morgan fingerprint density at radius 1 is 1.25 bits per heavy atom. The van der Waals surface area contributed by atoms with Crippen LogP contribution in [0.2, 0.25) is 0 Å². The number of hydrogen-bond acceptors (Lipinski definition) is 4. The predicted molar refractivity (Wildman–Crippen MR) is 96.8 cm³/mol. The highest BCUT2D eigenvalue weighted by Crippen LogP contribution is 2.19. The molecule has 5 nitrogen and oxygen atoms in total. The van der Waals surface area contributed by atoms with Gasteiger partial charge in [0.15, 0.2) is 10.9 Å². The van der Waals surface area contributed by atoms with E-state index < -0.39 is 0 Å². The van der Waals surface area contributed by atoms with Crippen molar-refractivity contribution >= 4 is 28.4 Å². The summed E-state index contributed by atoms with van der Waals surface area (Å²) >= 11 is 1.32. The van der Waals surface area contributed by atoms with Crippen LogP contribution in [0.1, 0.15) is 30.3 Å². The largest absolute Gasteiger partial charge is 0.359 e. The van der Waals surface area contributed by atoms with E-state index in [1.54, 1.807) is 29.0 Å². The van der Waals surface area contributed by atoms with E-state index in [2.05, 4.69) is 16.9 Å². The summed E-state index contributed by atoms with van der Waals surface area (Å²) in [6, 6.07) is 10.9. The minimum absolute atomic E-state index is 0.00514. The summed E-state index contributed by atoms with van der Waals surface area (Å²) in [4.78, 5) is 32.4. The fourth-order valence-corrected chi connectivity index (χ4v) is 3.39. The summed E-state index contributed by atoms with van der Waals surface area (Å²) in [7, 11) is 0. The summed E-state index contributed by atoms with van der Waals surface area (Å²) in [5.41, 5.74) is 1.21. The van der Waals surface area contributed by atoms with E-state index in [4.69, 9.17) is 0 Å². The second kappa shape index (κ2) is 7.49. The molecule has 0 aliphatic rings. The Morgan fingerprint density at radius 2 is 2.08 bits per heavy atom. The minimum atomic E-state index is -0.0381. The van der Waals surface area contributed by atoms with Gasteiger partial charge in [-0.1, -0.05) is 37.2 Å². The number of carbonyl (C=O) groups excluding carboxylic acids is 1. The smallest absolute Gasteiger partial charge is 0.262 e. The molecule has 6 heteroatoms. The quantitative estimate of drug-likeness (QED) is 0.406. The number of benzene rings is 1. The third-order valence-corrected chi connectivity index (χ3v) is 4.77. The maximum Gasteiger partial charge on any atom is 0.262 e. The molecule has 0 atom stereocenters. The highest BCUT2D eigenvalue weighted by Gasteiger charge is 2.14. The number of nitrogens with one attached hydrogen (secondary N) is 1. The number of rotatable bonds is 7. The number of fused-ring (bicyclic) bond motifs is 1. The van der Waals surface area contributed by atoms with Gasteiger partial charge in [0.25, 0.3) is 5.56 Å². The molecule has 0 aliphatic heterocycles. The van der Waals surface area contributed by atoms with E-state index in [0.717, 1.165) is 12.8 Å². The molecular weight excluding hydrogens is 322 g/mol. The second-order valence-electron chi connectivity index (χ2n) is 5.52. The number of nitrogens with zero attached hydrogens (tertiary/aromatic N) is 2. The standard InChI is InChI=1S/C18H19N3O2S/c1-2-3-11-21-17(23)13-7-4-5-8-14(13)20-18(21)24-12-16(22)15-9-6-10-19-15/h4-10,19H,2-3,11-12H2,1H3. The molecule has 3 rings (SSSR count). The van der Waals surface area contributed by atoms with Gasteiger partial charge >= 0.3 is 0 Å². The molecule has 3 aromatic rings. The zero-order valence-electron chi connectivity index (χ0n) is 13.5. The lowest BCUT2D eigenvalue weighted by molar-refractivity contribution is 0.101. The van der Waals surface area contributed by atoms with Crippen molar-refractivity contribution < 1.29 is 4.79 Å². The molecule has 2 heterocycles. The van der Waals surface area contributed by atoms with Crippen molar-refractivity contribution in [3.8, 4) is 0 Å². The monoisotopic (exact) mass is 341 g/mol. The fourth-order valence-electron chi connectivity index (χ4n) is 2.48. The highest BCUT2D eigenvalue weighted by molar-refractivity contribution is 7.99. The van der Waals surface area contributed by atoms with Gasteiger partial charge in [-0.05, 0) is 30.7 Å². The lowest BCUT2D eigenvalue weighted by atomic mass is 10.2. The van der Waals surface area contributed by atoms with E-state index in [9.17, 15) is 9.59 Å². The van der Waals surface area contributed by atoms with Crippen molar-refractivity contribution in [3.63, 3.8) is 0 Å². The molecule has 2 aromatic heterocycles. The van der Waals surface area contributed by atoms with E-state index >= 15 is 0 Å². The minimum Gasteiger partial charge on any atom is -0.359 e. The number of carbonyl (C=O) groups is 1. The summed E-state index contributed by atoms with van der Waals surface area (Å²) in [5.74, 6) is 0.242. The Hall–Kier alpha value is -2.34. The first-order valence-electron chi connectivity index (χ1n) is 7.99. The number of Topliss-reactive ketones (excluding diaryl/α,β-unsaturated/α-hetero) is 1. The summed E-state index contributed by atoms with van der Waals surface area (Å²) < 4.78 is 1.69. The van der Waals surface area contributed by atoms with Crippen LogP contribution < -0.4 is 5.56 Å². The first-order chi connectivity index (χ1) is 11.7. The van der Waals surface area contributed by atoms with Gasteiger partial charge in [-0.3, -0.25) is 14.2 Å². The molecule has 0 saturated carbocycles. The summed E-state index contributed by atoms with van der Waals surface area (Å²) in [5, 5.41) is 1.22. The lowest BCUT2D eigenvalue weighted by Gasteiger charge is -2.12. The van der Waals surface area contributed by atoms with Crippen LogP contribution in [0.15, 0.2) is 52.5 Å². The van der Waals surface area contributed by atoms with E-state index in [1.807, 2.05) is 18.2 Å². The number of H-pyrrole nitrogens is 1. The molecule has 1 aromatic carbocycles. The average molecular weight is 341 g/mol. The van der Waals surface area contributed by atoms with Gasteiger partial charge in [0.1, 0.15) is 0 Å². The number of unbranched alkanes of at least 4 members (excludes halogenated alkanes) is 1. The van der Waals surface area contributed by atoms with Crippen LogP contribution in [0.4, 0.5) is 0 Å². The van der Waals surface area contributed by atoms with Gasteiger partial charge < -0.3 is 4.98 Å². The molecule has 0 spiro atoms. The van der Waals surface area contributed by atoms with Crippen LogP contribution in [-0.4, -0.2) is 26.1 Å². The Labute approximate surface area is 144 Å². The van der Waals surface area contributed by atoms with Crippen LogP contribution in [0.3, 0.4) is 0 Å². The van der Waals surface area contributed by atoms with Gasteiger partial charge in [-0.15, -0.1) is 0 Å². The Balaban J connectivity index is 1.92. The van der Waals surface area contributed by atoms with Gasteiger partial charge in [0, 0.05) is 12.7 Å². The molecule has 1 N–H and O–H groups in total. The van der Waals surface area contributed by atoms with Crippen LogP contribution in [-0.2, 0) is 6.54 Å². The number of para-hydroxylation sites is 1.